The van der Waals surface area contributed by atoms with Gasteiger partial charge in [-0.3, -0.25) is 9.78 Å². The van der Waals surface area contributed by atoms with Crippen molar-refractivity contribution in [1.29, 1.82) is 0 Å². The van der Waals surface area contributed by atoms with Gasteiger partial charge < -0.3 is 4.90 Å². The van der Waals surface area contributed by atoms with Crippen LogP contribution in [0.3, 0.4) is 0 Å². The SMILES string of the molecule is Cc1cccc(C(=O)N2CC[C@H](c3nc4ccc(-c5ccncc5)cn4n3)C2)n1. The van der Waals surface area contributed by atoms with Crippen LogP contribution in [-0.4, -0.2) is 48.5 Å². The minimum absolute atomic E-state index is 0.0278. The van der Waals surface area contributed by atoms with Crippen molar-refractivity contribution in [3.63, 3.8) is 0 Å². The molecule has 1 aliphatic heterocycles. The predicted octanol–water partition coefficient (Wildman–Crippen LogP) is 3.12. The second-order valence-electron chi connectivity index (χ2n) is 7.33. The Kier molecular flexibility index (Phi) is 4.27. The van der Waals surface area contributed by atoms with Crippen LogP contribution in [0, 0.1) is 6.92 Å². The van der Waals surface area contributed by atoms with E-state index >= 15 is 0 Å². The first kappa shape index (κ1) is 17.5. The Morgan fingerprint density at radius 2 is 1.90 bits per heavy atom. The van der Waals surface area contributed by atoms with Gasteiger partial charge in [-0.15, -0.1) is 0 Å². The van der Waals surface area contributed by atoms with Crippen molar-refractivity contribution in [2.45, 2.75) is 19.3 Å². The zero-order chi connectivity index (χ0) is 19.8. The number of carbonyl (C=O) groups excluding carboxylic acids is 1. The third-order valence-electron chi connectivity index (χ3n) is 5.31. The van der Waals surface area contributed by atoms with Crippen LogP contribution >= 0.6 is 0 Å². The van der Waals surface area contributed by atoms with Crippen LogP contribution in [0.15, 0.2) is 61.1 Å². The Morgan fingerprint density at radius 1 is 1.03 bits per heavy atom. The van der Waals surface area contributed by atoms with Gasteiger partial charge in [-0.05, 0) is 55.3 Å². The number of rotatable bonds is 3. The molecule has 1 amide bonds. The molecule has 0 aromatic carbocycles. The van der Waals surface area contributed by atoms with E-state index in [1.807, 2.05) is 58.9 Å². The van der Waals surface area contributed by atoms with Gasteiger partial charge >= 0.3 is 0 Å². The normalized spacial score (nSPS) is 16.4. The molecule has 1 aliphatic rings. The van der Waals surface area contributed by atoms with E-state index in [9.17, 15) is 4.79 Å². The molecule has 7 nitrogen and oxygen atoms in total. The Labute approximate surface area is 168 Å². The largest absolute Gasteiger partial charge is 0.337 e. The summed E-state index contributed by atoms with van der Waals surface area (Å²) in [4.78, 5) is 27.7. The molecule has 0 saturated carbocycles. The highest BCUT2D eigenvalue weighted by Crippen LogP contribution is 2.27. The molecule has 0 unspecified atom stereocenters. The number of carbonyl (C=O) groups is 1. The molecule has 1 saturated heterocycles. The maximum Gasteiger partial charge on any atom is 0.272 e. The lowest BCUT2D eigenvalue weighted by Crippen LogP contribution is -2.29. The van der Waals surface area contributed by atoms with E-state index in [0.29, 0.717) is 18.8 Å². The zero-order valence-electron chi connectivity index (χ0n) is 16.1. The quantitative estimate of drug-likeness (QED) is 0.542. The van der Waals surface area contributed by atoms with Crippen molar-refractivity contribution >= 4 is 11.6 Å². The number of likely N-dealkylation sites (tertiary alicyclic amines) is 1. The number of amides is 1. The highest BCUT2D eigenvalue weighted by molar-refractivity contribution is 5.92. The minimum atomic E-state index is -0.0278. The van der Waals surface area contributed by atoms with E-state index in [2.05, 4.69) is 9.97 Å². The summed E-state index contributed by atoms with van der Waals surface area (Å²) in [7, 11) is 0. The molecule has 0 N–H and O–H groups in total. The van der Waals surface area contributed by atoms with Crippen LogP contribution in [0.25, 0.3) is 16.8 Å². The molecule has 1 fully saturated rings. The van der Waals surface area contributed by atoms with Crippen molar-refractivity contribution in [3.8, 4) is 11.1 Å². The van der Waals surface area contributed by atoms with Crippen LogP contribution in [0.4, 0.5) is 0 Å². The molecule has 1 atom stereocenters. The fourth-order valence-electron chi connectivity index (χ4n) is 3.77. The molecule has 0 spiro atoms. The minimum Gasteiger partial charge on any atom is -0.337 e. The van der Waals surface area contributed by atoms with Crippen molar-refractivity contribution in [2.24, 2.45) is 0 Å². The number of fused-ring (bicyclic) bond motifs is 1. The Balaban J connectivity index is 1.37. The molecule has 0 radical (unpaired) electrons. The van der Waals surface area contributed by atoms with Gasteiger partial charge in [-0.1, -0.05) is 6.07 Å². The zero-order valence-corrected chi connectivity index (χ0v) is 16.1. The van der Waals surface area contributed by atoms with Gasteiger partial charge in [0.25, 0.3) is 5.91 Å². The molecule has 5 heterocycles. The molecular weight excluding hydrogens is 364 g/mol. The number of nitrogens with zero attached hydrogens (tertiary/aromatic N) is 6. The fraction of sp³-hybridized carbons (Fsp3) is 0.227. The summed E-state index contributed by atoms with van der Waals surface area (Å²) in [5, 5.41) is 4.70. The van der Waals surface area contributed by atoms with Gasteiger partial charge in [-0.2, -0.15) is 5.10 Å². The molecule has 4 aromatic rings. The number of aryl methyl sites for hydroxylation is 1. The van der Waals surface area contributed by atoms with E-state index < -0.39 is 0 Å². The summed E-state index contributed by atoms with van der Waals surface area (Å²) in [6, 6.07) is 13.5. The summed E-state index contributed by atoms with van der Waals surface area (Å²) in [6.45, 7) is 3.20. The van der Waals surface area contributed by atoms with Crippen molar-refractivity contribution in [2.75, 3.05) is 13.1 Å². The lowest BCUT2D eigenvalue weighted by molar-refractivity contribution is 0.0784. The first-order valence-corrected chi connectivity index (χ1v) is 9.67. The van der Waals surface area contributed by atoms with Gasteiger partial charge in [0.2, 0.25) is 0 Å². The molecule has 5 rings (SSSR count). The Bertz CT molecular complexity index is 1190. The third-order valence-corrected chi connectivity index (χ3v) is 5.31. The smallest absolute Gasteiger partial charge is 0.272 e. The van der Waals surface area contributed by atoms with Crippen LogP contribution in [0.5, 0.6) is 0 Å². The summed E-state index contributed by atoms with van der Waals surface area (Å²) in [5.41, 5.74) is 4.30. The predicted molar refractivity (Wildman–Crippen MR) is 108 cm³/mol. The topological polar surface area (TPSA) is 76.3 Å². The Morgan fingerprint density at radius 3 is 2.72 bits per heavy atom. The third kappa shape index (κ3) is 3.35. The van der Waals surface area contributed by atoms with Gasteiger partial charge in [0.1, 0.15) is 5.69 Å². The molecule has 29 heavy (non-hydrogen) atoms. The van der Waals surface area contributed by atoms with Gasteiger partial charge in [0, 0.05) is 48.9 Å². The molecule has 7 heteroatoms. The maximum absolute atomic E-state index is 12.8. The monoisotopic (exact) mass is 384 g/mol. The summed E-state index contributed by atoms with van der Waals surface area (Å²) < 4.78 is 1.82. The average molecular weight is 384 g/mol. The van der Waals surface area contributed by atoms with E-state index in [-0.39, 0.29) is 11.8 Å². The molecule has 0 bridgehead atoms. The summed E-state index contributed by atoms with van der Waals surface area (Å²) >= 11 is 0. The van der Waals surface area contributed by atoms with E-state index in [4.69, 9.17) is 10.1 Å². The van der Waals surface area contributed by atoms with Crippen molar-refractivity contribution < 1.29 is 4.79 Å². The van der Waals surface area contributed by atoms with Crippen molar-refractivity contribution in [1.82, 2.24) is 29.5 Å². The number of pyridine rings is 3. The van der Waals surface area contributed by atoms with Gasteiger partial charge in [0.05, 0.1) is 0 Å². The van der Waals surface area contributed by atoms with Crippen LogP contribution in [0.2, 0.25) is 0 Å². The lowest BCUT2D eigenvalue weighted by Gasteiger charge is -2.15. The molecular formula is C22H20N6O. The van der Waals surface area contributed by atoms with E-state index in [1.165, 1.54) is 0 Å². The fourth-order valence-corrected chi connectivity index (χ4v) is 3.77. The van der Waals surface area contributed by atoms with Crippen LogP contribution in [-0.2, 0) is 0 Å². The van der Waals surface area contributed by atoms with E-state index in [1.54, 1.807) is 18.5 Å². The number of aromatic nitrogens is 5. The molecule has 144 valence electrons. The van der Waals surface area contributed by atoms with Crippen LogP contribution < -0.4 is 0 Å². The van der Waals surface area contributed by atoms with E-state index in [0.717, 1.165) is 34.7 Å². The maximum atomic E-state index is 12.8. The summed E-state index contributed by atoms with van der Waals surface area (Å²) in [5.74, 6) is 0.886. The highest BCUT2D eigenvalue weighted by Gasteiger charge is 2.31. The second-order valence-corrected chi connectivity index (χ2v) is 7.33. The first-order chi connectivity index (χ1) is 14.2. The van der Waals surface area contributed by atoms with Gasteiger partial charge in [0.15, 0.2) is 11.5 Å². The number of hydrogen-bond acceptors (Lipinski definition) is 5. The standard InChI is InChI=1S/C22H20N6O/c1-15-3-2-4-19(24-15)22(29)27-12-9-18(13-27)21-25-20-6-5-17(14-28(20)26-21)16-7-10-23-11-8-16/h2-8,10-11,14,18H,9,12-13H2,1H3/t18-/m0/s1. The summed E-state index contributed by atoms with van der Waals surface area (Å²) in [6.07, 6.45) is 6.39. The molecule has 4 aromatic heterocycles. The highest BCUT2D eigenvalue weighted by atomic mass is 16.2. The molecule has 0 aliphatic carbocycles. The van der Waals surface area contributed by atoms with Gasteiger partial charge in [-0.25, -0.2) is 14.5 Å². The Hall–Kier alpha value is -3.61. The number of hydrogen-bond donors (Lipinski definition) is 0. The average Bonchev–Trinajstić information content (AvgIpc) is 3.40. The van der Waals surface area contributed by atoms with Crippen molar-refractivity contribution in [3.05, 3.63) is 78.3 Å². The second kappa shape index (κ2) is 7.09. The lowest BCUT2D eigenvalue weighted by atomic mass is 10.1. The first-order valence-electron chi connectivity index (χ1n) is 9.67. The van der Waals surface area contributed by atoms with Crippen LogP contribution in [0.1, 0.15) is 34.3 Å².